The molecule has 0 fully saturated rings. The molecule has 0 aliphatic heterocycles. The van der Waals surface area contributed by atoms with Crippen molar-refractivity contribution in [1.82, 2.24) is 19.9 Å². The summed E-state index contributed by atoms with van der Waals surface area (Å²) in [7, 11) is -13.6. The number of pyridine rings is 4. The second-order valence-electron chi connectivity index (χ2n) is 13.4. The van der Waals surface area contributed by atoms with Crippen LogP contribution in [0.5, 0.6) is 0 Å². The van der Waals surface area contributed by atoms with Crippen LogP contribution >= 0.6 is 0 Å². The molecule has 0 aliphatic rings. The molecule has 0 spiro atoms. The molecule has 0 saturated heterocycles. The maximum absolute atomic E-state index is 12.7. The fourth-order valence-corrected chi connectivity index (χ4v) is 8.46. The summed E-state index contributed by atoms with van der Waals surface area (Å²) in [5, 5.41) is 2.90. The van der Waals surface area contributed by atoms with Gasteiger partial charge in [-0.3, -0.25) is 13.7 Å². The van der Waals surface area contributed by atoms with Gasteiger partial charge in [0.1, 0.15) is 0 Å². The molecule has 0 radical (unpaired) electrons. The lowest BCUT2D eigenvalue weighted by Gasteiger charge is -2.12. The van der Waals surface area contributed by atoms with Gasteiger partial charge >= 0.3 is 0 Å². The van der Waals surface area contributed by atoms with E-state index in [4.69, 9.17) is 19.9 Å². The van der Waals surface area contributed by atoms with Crippen molar-refractivity contribution in [2.45, 2.75) is 14.7 Å². The minimum Gasteiger partial charge on any atom is -0.282 e. The fourth-order valence-electron chi connectivity index (χ4n) is 6.85. The molecule has 5 aromatic carbocycles. The molecule has 0 atom stereocenters. The molecular weight excluding hydrogens is 801 g/mol. The normalized spacial score (nSPS) is 12.5. The van der Waals surface area contributed by atoms with Crippen LogP contribution in [0.2, 0.25) is 0 Å². The van der Waals surface area contributed by atoms with Gasteiger partial charge in [-0.05, 0) is 66.7 Å². The van der Waals surface area contributed by atoms with E-state index in [1.807, 2.05) is 36.4 Å². The number of rotatable bonds is 7. The third-order valence-corrected chi connectivity index (χ3v) is 12.2. The lowest BCUT2D eigenvalue weighted by atomic mass is 10.0. The maximum atomic E-state index is 12.7. The monoisotopic (exact) mass is 826 g/mol. The Morgan fingerprint density at radius 2 is 0.586 bits per heavy atom. The Balaban J connectivity index is 1.18. The van der Waals surface area contributed by atoms with E-state index in [0.717, 1.165) is 21.5 Å². The van der Waals surface area contributed by atoms with Gasteiger partial charge in [0.25, 0.3) is 30.4 Å². The van der Waals surface area contributed by atoms with E-state index in [1.165, 1.54) is 48.5 Å². The fraction of sp³-hybridized carbons (Fsp3) is 0. The Kier molecular flexibility index (Phi) is 8.66. The lowest BCUT2D eigenvalue weighted by Crippen LogP contribution is -2.00. The SMILES string of the molecule is O=S(=O)(O)c1cccc(-c2ccc3ccc4ccc(-c5cc(-c6ccc7ccc8ccc(-c9cccc(S(=O)(=O)O)c9)nc8c7n6)cc(S(=O)(=O)O)c5)nc4c3n2)c1. The molecule has 3 N–H and O–H groups in total. The summed E-state index contributed by atoms with van der Waals surface area (Å²) < 4.78 is 102. The van der Waals surface area contributed by atoms with Crippen LogP contribution in [0.4, 0.5) is 0 Å². The van der Waals surface area contributed by atoms with Crippen LogP contribution in [0.3, 0.4) is 0 Å². The molecule has 0 unspecified atom stereocenters. The summed E-state index contributed by atoms with van der Waals surface area (Å²) in [5.41, 5.74) is 5.08. The molecule has 16 heteroatoms. The smallest absolute Gasteiger partial charge is 0.282 e. The summed E-state index contributed by atoms with van der Waals surface area (Å²) >= 11 is 0. The predicted octanol–water partition coefficient (Wildman–Crippen LogP) is 8.29. The summed E-state index contributed by atoms with van der Waals surface area (Å²) in [4.78, 5) is 18.5. The first-order valence-corrected chi connectivity index (χ1v) is 21.6. The van der Waals surface area contributed by atoms with Gasteiger partial charge in [0, 0.05) is 43.8 Å². The van der Waals surface area contributed by atoms with Crippen LogP contribution in [0, 0.1) is 0 Å². The Hall–Kier alpha value is -6.53. The molecule has 13 nitrogen and oxygen atoms in total. The Labute approximate surface area is 330 Å². The quantitative estimate of drug-likeness (QED) is 0.102. The molecule has 286 valence electrons. The van der Waals surface area contributed by atoms with Crippen molar-refractivity contribution < 1.29 is 38.9 Å². The summed E-state index contributed by atoms with van der Waals surface area (Å²) in [5.74, 6) is 0. The zero-order valence-corrected chi connectivity index (χ0v) is 32.0. The van der Waals surface area contributed by atoms with Gasteiger partial charge in [-0.2, -0.15) is 25.3 Å². The number of fused-ring (bicyclic) bond motifs is 6. The zero-order valence-electron chi connectivity index (χ0n) is 29.6. The third kappa shape index (κ3) is 6.93. The van der Waals surface area contributed by atoms with Gasteiger partial charge < -0.3 is 0 Å². The molecule has 9 rings (SSSR count). The first-order chi connectivity index (χ1) is 27.6. The van der Waals surface area contributed by atoms with Gasteiger partial charge in [-0.15, -0.1) is 0 Å². The highest BCUT2D eigenvalue weighted by Crippen LogP contribution is 2.34. The second-order valence-corrected chi connectivity index (χ2v) is 17.7. The molecule has 0 aliphatic carbocycles. The first kappa shape index (κ1) is 37.1. The van der Waals surface area contributed by atoms with Crippen molar-refractivity contribution in [2.24, 2.45) is 0 Å². The van der Waals surface area contributed by atoms with Gasteiger partial charge in [0.2, 0.25) is 0 Å². The average molecular weight is 827 g/mol. The van der Waals surface area contributed by atoms with Gasteiger partial charge in [0.05, 0.1) is 59.5 Å². The van der Waals surface area contributed by atoms with Crippen molar-refractivity contribution >= 4 is 74.0 Å². The number of benzene rings is 5. The van der Waals surface area contributed by atoms with E-state index in [2.05, 4.69) is 0 Å². The number of hydrogen-bond acceptors (Lipinski definition) is 10. The minimum atomic E-state index is -4.72. The first-order valence-electron chi connectivity index (χ1n) is 17.3. The van der Waals surface area contributed by atoms with Gasteiger partial charge in [-0.25, -0.2) is 19.9 Å². The van der Waals surface area contributed by atoms with Crippen LogP contribution in [-0.2, 0) is 30.4 Å². The largest absolute Gasteiger partial charge is 0.294 e. The number of nitrogens with zero attached hydrogens (tertiary/aromatic N) is 4. The van der Waals surface area contributed by atoms with Crippen molar-refractivity contribution in [3.8, 4) is 45.0 Å². The van der Waals surface area contributed by atoms with Crippen LogP contribution < -0.4 is 0 Å². The van der Waals surface area contributed by atoms with Crippen molar-refractivity contribution in [3.63, 3.8) is 0 Å². The standard InChI is InChI=1S/C42H26N4O9S3/c47-56(48,49)32-5-1-3-28(20-32)35-15-11-24-7-9-26-13-17-37(45-41(26)39(24)43-35)30-19-31(23-34(22-30)58(53,54)55)38-18-14-27-10-8-25-12-16-36(44-40(25)42(27)46-38)29-4-2-6-33(21-29)57(50,51)52/h1-23H,(H,47,48,49)(H,50,51,52)(H,53,54,55). The molecule has 58 heavy (non-hydrogen) atoms. The van der Waals surface area contributed by atoms with Crippen LogP contribution in [0.1, 0.15) is 0 Å². The minimum absolute atomic E-state index is 0.279. The van der Waals surface area contributed by atoms with E-state index in [1.54, 1.807) is 54.6 Å². The van der Waals surface area contributed by atoms with Crippen LogP contribution in [-0.4, -0.2) is 58.8 Å². The highest BCUT2D eigenvalue weighted by molar-refractivity contribution is 7.86. The van der Waals surface area contributed by atoms with Gasteiger partial charge in [-0.1, -0.05) is 72.8 Å². The lowest BCUT2D eigenvalue weighted by molar-refractivity contribution is 0.481. The number of hydrogen-bond donors (Lipinski definition) is 3. The zero-order chi connectivity index (χ0) is 40.6. The van der Waals surface area contributed by atoms with E-state index in [9.17, 15) is 38.9 Å². The molecule has 4 aromatic heterocycles. The Morgan fingerprint density at radius 1 is 0.310 bits per heavy atom. The van der Waals surface area contributed by atoms with E-state index >= 15 is 0 Å². The topological polar surface area (TPSA) is 215 Å². The second kappa shape index (κ2) is 13.6. The highest BCUT2D eigenvalue weighted by Gasteiger charge is 2.18. The van der Waals surface area contributed by atoms with E-state index < -0.39 is 35.2 Å². The molecular formula is C42H26N4O9S3. The third-order valence-electron chi connectivity index (χ3n) is 9.69. The number of aromatic nitrogens is 4. The Bertz CT molecular complexity index is 3350. The molecule has 0 amide bonds. The molecule has 0 saturated carbocycles. The molecule has 9 aromatic rings. The van der Waals surface area contributed by atoms with Gasteiger partial charge in [0.15, 0.2) is 0 Å². The summed E-state index contributed by atoms with van der Waals surface area (Å²) in [6.07, 6.45) is 0. The summed E-state index contributed by atoms with van der Waals surface area (Å²) in [6, 6.07) is 37.4. The molecule has 4 heterocycles. The van der Waals surface area contributed by atoms with Crippen molar-refractivity contribution in [3.05, 3.63) is 140 Å². The molecule has 0 bridgehead atoms. The van der Waals surface area contributed by atoms with E-state index in [0.29, 0.717) is 67.1 Å². The average Bonchev–Trinajstić information content (AvgIpc) is 3.21. The predicted molar refractivity (Wildman–Crippen MR) is 219 cm³/mol. The summed E-state index contributed by atoms with van der Waals surface area (Å²) in [6.45, 7) is 0. The Morgan fingerprint density at radius 3 is 0.897 bits per heavy atom. The van der Waals surface area contributed by atoms with Crippen LogP contribution in [0.25, 0.3) is 88.6 Å². The van der Waals surface area contributed by atoms with Crippen molar-refractivity contribution in [2.75, 3.05) is 0 Å². The maximum Gasteiger partial charge on any atom is 0.294 e. The van der Waals surface area contributed by atoms with E-state index in [-0.39, 0.29) is 9.79 Å². The van der Waals surface area contributed by atoms with Crippen LogP contribution in [0.15, 0.2) is 154 Å². The highest BCUT2D eigenvalue weighted by atomic mass is 32.2. The van der Waals surface area contributed by atoms with Crippen molar-refractivity contribution in [1.29, 1.82) is 0 Å².